The molecule has 4 heteroatoms. The van der Waals surface area contributed by atoms with Crippen molar-refractivity contribution >= 4 is 5.91 Å². The molecule has 0 bridgehead atoms. The van der Waals surface area contributed by atoms with E-state index < -0.39 is 0 Å². The minimum atomic E-state index is -0.120. The number of carbonyl (C=O) groups excluding carboxylic acids is 1. The molecule has 0 radical (unpaired) electrons. The summed E-state index contributed by atoms with van der Waals surface area (Å²) in [6, 6.07) is 11.5. The van der Waals surface area contributed by atoms with Gasteiger partial charge in [0.25, 0.3) is 0 Å². The fourth-order valence-electron chi connectivity index (χ4n) is 4.81. The van der Waals surface area contributed by atoms with Gasteiger partial charge in [-0.3, -0.25) is 9.69 Å². The quantitative estimate of drug-likeness (QED) is 0.853. The molecule has 0 aliphatic carbocycles. The highest BCUT2D eigenvalue weighted by Crippen LogP contribution is 2.47. The SMILES string of the molecule is COCC(=O)N1CCCCC[C@@H]2N(C)[C@H](c3ccccc3)C[C@@]21C. The van der Waals surface area contributed by atoms with Gasteiger partial charge in [0.1, 0.15) is 6.61 Å². The third kappa shape index (κ3) is 3.09. The van der Waals surface area contributed by atoms with Crippen molar-refractivity contribution in [2.24, 2.45) is 0 Å². The van der Waals surface area contributed by atoms with Crippen LogP contribution >= 0.6 is 0 Å². The van der Waals surface area contributed by atoms with Crippen LogP contribution in [0.15, 0.2) is 30.3 Å². The number of hydrogen-bond donors (Lipinski definition) is 0. The van der Waals surface area contributed by atoms with Gasteiger partial charge in [0.05, 0.1) is 5.54 Å². The number of ether oxygens (including phenoxy) is 1. The van der Waals surface area contributed by atoms with E-state index in [2.05, 4.69) is 54.1 Å². The van der Waals surface area contributed by atoms with Gasteiger partial charge in [0.15, 0.2) is 0 Å². The molecule has 0 aromatic heterocycles. The molecule has 0 saturated carbocycles. The van der Waals surface area contributed by atoms with Crippen LogP contribution in [0.25, 0.3) is 0 Å². The zero-order valence-electron chi connectivity index (χ0n) is 15.2. The zero-order valence-corrected chi connectivity index (χ0v) is 15.2. The predicted octanol–water partition coefficient (Wildman–Crippen LogP) is 3.24. The summed E-state index contributed by atoms with van der Waals surface area (Å²) in [5, 5.41) is 0. The molecule has 2 heterocycles. The molecule has 0 unspecified atom stereocenters. The summed E-state index contributed by atoms with van der Waals surface area (Å²) in [6.07, 6.45) is 5.70. The molecule has 2 fully saturated rings. The molecule has 132 valence electrons. The number of likely N-dealkylation sites (tertiary alicyclic amines) is 2. The number of rotatable bonds is 3. The number of fused-ring (bicyclic) bond motifs is 1. The van der Waals surface area contributed by atoms with E-state index in [9.17, 15) is 4.79 Å². The average molecular weight is 330 g/mol. The largest absolute Gasteiger partial charge is 0.375 e. The molecule has 2 aliphatic heterocycles. The fourth-order valence-corrected chi connectivity index (χ4v) is 4.81. The summed E-state index contributed by atoms with van der Waals surface area (Å²) in [5.74, 6) is 0.133. The first-order valence-electron chi connectivity index (χ1n) is 9.14. The maximum Gasteiger partial charge on any atom is 0.249 e. The Labute approximate surface area is 145 Å². The Kier molecular flexibility index (Phi) is 5.26. The van der Waals surface area contributed by atoms with Gasteiger partial charge in [-0.25, -0.2) is 0 Å². The lowest BCUT2D eigenvalue weighted by Crippen LogP contribution is -2.58. The number of amides is 1. The van der Waals surface area contributed by atoms with Crippen LogP contribution in [-0.2, 0) is 9.53 Å². The second-order valence-electron chi connectivity index (χ2n) is 7.50. The minimum absolute atomic E-state index is 0.120. The summed E-state index contributed by atoms with van der Waals surface area (Å²) >= 11 is 0. The lowest BCUT2D eigenvalue weighted by Gasteiger charge is -2.45. The molecule has 1 aromatic carbocycles. The summed E-state index contributed by atoms with van der Waals surface area (Å²) in [4.78, 5) is 17.4. The predicted molar refractivity (Wildman–Crippen MR) is 95.8 cm³/mol. The lowest BCUT2D eigenvalue weighted by atomic mass is 9.83. The molecular weight excluding hydrogens is 300 g/mol. The second kappa shape index (κ2) is 7.24. The standard InChI is InChI=1S/C20H30N2O2/c1-20-14-17(16-10-6-4-7-11-16)21(2)18(20)12-8-5-9-13-22(20)19(23)15-24-3/h4,6-7,10-11,17-18H,5,8-9,12-15H2,1-3H3/t17-,18-,20-/m0/s1. The number of methoxy groups -OCH3 is 1. The van der Waals surface area contributed by atoms with E-state index in [1.807, 2.05) is 0 Å². The van der Waals surface area contributed by atoms with Crippen molar-refractivity contribution in [1.29, 1.82) is 0 Å². The van der Waals surface area contributed by atoms with E-state index in [1.54, 1.807) is 7.11 Å². The average Bonchev–Trinajstić information content (AvgIpc) is 2.81. The number of nitrogens with zero attached hydrogens (tertiary/aromatic N) is 2. The summed E-state index contributed by atoms with van der Waals surface area (Å²) in [5.41, 5.74) is 1.23. The Balaban J connectivity index is 1.93. The Bertz CT molecular complexity index is 562. The van der Waals surface area contributed by atoms with Crippen LogP contribution in [0.4, 0.5) is 0 Å². The van der Waals surface area contributed by atoms with Crippen molar-refractivity contribution < 1.29 is 9.53 Å². The van der Waals surface area contributed by atoms with Crippen molar-refractivity contribution in [2.45, 2.75) is 56.7 Å². The van der Waals surface area contributed by atoms with Crippen LogP contribution in [-0.4, -0.2) is 54.6 Å². The van der Waals surface area contributed by atoms with Crippen molar-refractivity contribution in [3.8, 4) is 0 Å². The third-order valence-electron chi connectivity index (χ3n) is 6.04. The number of hydrogen-bond acceptors (Lipinski definition) is 3. The molecule has 3 atom stereocenters. The summed E-state index contributed by atoms with van der Waals surface area (Å²) in [7, 11) is 3.84. The topological polar surface area (TPSA) is 32.8 Å². The van der Waals surface area contributed by atoms with E-state index >= 15 is 0 Å². The minimum Gasteiger partial charge on any atom is -0.375 e. The molecule has 2 saturated heterocycles. The monoisotopic (exact) mass is 330 g/mol. The number of carbonyl (C=O) groups is 1. The molecule has 24 heavy (non-hydrogen) atoms. The van der Waals surface area contributed by atoms with Crippen LogP contribution in [0.1, 0.15) is 50.6 Å². The van der Waals surface area contributed by atoms with E-state index in [4.69, 9.17) is 4.74 Å². The second-order valence-corrected chi connectivity index (χ2v) is 7.50. The Hall–Kier alpha value is -1.39. The number of likely N-dealkylation sites (N-methyl/N-ethyl adjacent to an activating group) is 1. The van der Waals surface area contributed by atoms with Gasteiger partial charge in [-0.15, -0.1) is 0 Å². The van der Waals surface area contributed by atoms with Crippen molar-refractivity contribution in [2.75, 3.05) is 27.3 Å². The van der Waals surface area contributed by atoms with Crippen LogP contribution in [0, 0.1) is 0 Å². The van der Waals surface area contributed by atoms with Crippen molar-refractivity contribution in [3.63, 3.8) is 0 Å². The van der Waals surface area contributed by atoms with E-state index in [1.165, 1.54) is 18.4 Å². The van der Waals surface area contributed by atoms with Crippen LogP contribution in [0.5, 0.6) is 0 Å². The molecular formula is C20H30N2O2. The molecule has 0 N–H and O–H groups in total. The summed E-state index contributed by atoms with van der Waals surface area (Å²) < 4.78 is 5.16. The maximum absolute atomic E-state index is 12.7. The first kappa shape index (κ1) is 17.4. The molecule has 1 aromatic rings. The van der Waals surface area contributed by atoms with E-state index in [-0.39, 0.29) is 18.1 Å². The van der Waals surface area contributed by atoms with Gasteiger partial charge in [-0.05, 0) is 38.8 Å². The van der Waals surface area contributed by atoms with Crippen LogP contribution in [0.2, 0.25) is 0 Å². The Morgan fingerprint density at radius 2 is 2.00 bits per heavy atom. The van der Waals surface area contributed by atoms with Crippen LogP contribution < -0.4 is 0 Å². The van der Waals surface area contributed by atoms with Crippen molar-refractivity contribution in [1.82, 2.24) is 9.80 Å². The molecule has 3 rings (SSSR count). The van der Waals surface area contributed by atoms with Gasteiger partial charge in [-0.1, -0.05) is 43.2 Å². The highest BCUT2D eigenvalue weighted by atomic mass is 16.5. The normalized spacial score (nSPS) is 31.4. The number of benzene rings is 1. The van der Waals surface area contributed by atoms with Crippen LogP contribution in [0.3, 0.4) is 0 Å². The third-order valence-corrected chi connectivity index (χ3v) is 6.04. The summed E-state index contributed by atoms with van der Waals surface area (Å²) in [6.45, 7) is 3.32. The van der Waals surface area contributed by atoms with Gasteiger partial charge >= 0.3 is 0 Å². The maximum atomic E-state index is 12.7. The Morgan fingerprint density at radius 1 is 1.25 bits per heavy atom. The van der Waals surface area contributed by atoms with Gasteiger partial charge in [0, 0.05) is 25.7 Å². The molecule has 0 spiro atoms. The van der Waals surface area contributed by atoms with Crippen molar-refractivity contribution in [3.05, 3.63) is 35.9 Å². The van der Waals surface area contributed by atoms with Gasteiger partial charge in [-0.2, -0.15) is 0 Å². The fraction of sp³-hybridized carbons (Fsp3) is 0.650. The molecule has 4 nitrogen and oxygen atoms in total. The first-order chi connectivity index (χ1) is 11.6. The first-order valence-corrected chi connectivity index (χ1v) is 9.14. The molecule has 1 amide bonds. The zero-order chi connectivity index (χ0) is 17.2. The highest BCUT2D eigenvalue weighted by Gasteiger charge is 2.52. The lowest BCUT2D eigenvalue weighted by molar-refractivity contribution is -0.142. The van der Waals surface area contributed by atoms with Gasteiger partial charge in [0.2, 0.25) is 5.91 Å². The highest BCUT2D eigenvalue weighted by molar-refractivity contribution is 5.78. The Morgan fingerprint density at radius 3 is 2.71 bits per heavy atom. The smallest absolute Gasteiger partial charge is 0.249 e. The molecule has 2 aliphatic rings. The van der Waals surface area contributed by atoms with E-state index in [0.29, 0.717) is 12.1 Å². The van der Waals surface area contributed by atoms with Gasteiger partial charge < -0.3 is 9.64 Å². The van der Waals surface area contributed by atoms with E-state index in [0.717, 1.165) is 25.8 Å².